The Balaban J connectivity index is 1.54. The molecule has 0 aliphatic carbocycles. The standard InChI is InChI=1S/C29H33N3O2/c1-20(2)17-22-9-13-24(14-10-22)21(3)29-31-26-7-5-6-8-27(26)32(29)19-28(33)30-18-23-11-15-25(34-4)16-12-23/h5-16,20-21H,17-19H2,1-4H3,(H,30,33). The number of ether oxygens (including phenoxy) is 1. The molecular formula is C29H33N3O2. The summed E-state index contributed by atoms with van der Waals surface area (Å²) in [6.45, 7) is 7.32. The van der Waals surface area contributed by atoms with Gasteiger partial charge in [0.05, 0.1) is 18.1 Å². The van der Waals surface area contributed by atoms with Gasteiger partial charge in [-0.2, -0.15) is 0 Å². The summed E-state index contributed by atoms with van der Waals surface area (Å²) in [7, 11) is 1.64. The number of fused-ring (bicyclic) bond motifs is 1. The number of methoxy groups -OCH3 is 1. The molecule has 1 atom stereocenters. The fourth-order valence-electron chi connectivity index (χ4n) is 4.30. The van der Waals surface area contributed by atoms with E-state index >= 15 is 0 Å². The Hall–Kier alpha value is -3.60. The molecular weight excluding hydrogens is 422 g/mol. The molecule has 1 heterocycles. The van der Waals surface area contributed by atoms with E-state index in [1.54, 1.807) is 7.11 Å². The third kappa shape index (κ3) is 5.48. The Morgan fingerprint density at radius 3 is 2.29 bits per heavy atom. The first kappa shape index (κ1) is 23.6. The van der Waals surface area contributed by atoms with Gasteiger partial charge in [-0.25, -0.2) is 4.98 Å². The van der Waals surface area contributed by atoms with Crippen molar-refractivity contribution < 1.29 is 9.53 Å². The maximum Gasteiger partial charge on any atom is 0.240 e. The van der Waals surface area contributed by atoms with Gasteiger partial charge in [-0.15, -0.1) is 0 Å². The molecule has 0 saturated heterocycles. The zero-order valence-electron chi connectivity index (χ0n) is 20.4. The molecule has 4 aromatic rings. The van der Waals surface area contributed by atoms with E-state index in [1.807, 2.05) is 53.1 Å². The lowest BCUT2D eigenvalue weighted by Gasteiger charge is -2.16. The lowest BCUT2D eigenvalue weighted by Crippen LogP contribution is -2.28. The van der Waals surface area contributed by atoms with Crippen molar-refractivity contribution >= 4 is 16.9 Å². The first-order chi connectivity index (χ1) is 16.4. The zero-order valence-corrected chi connectivity index (χ0v) is 20.4. The van der Waals surface area contributed by atoms with E-state index in [9.17, 15) is 4.79 Å². The van der Waals surface area contributed by atoms with Gasteiger partial charge >= 0.3 is 0 Å². The Morgan fingerprint density at radius 1 is 0.941 bits per heavy atom. The third-order valence-electron chi connectivity index (χ3n) is 6.15. The number of rotatable bonds is 9. The highest BCUT2D eigenvalue weighted by Crippen LogP contribution is 2.28. The van der Waals surface area contributed by atoms with Gasteiger partial charge < -0.3 is 14.6 Å². The van der Waals surface area contributed by atoms with Crippen LogP contribution >= 0.6 is 0 Å². The van der Waals surface area contributed by atoms with Crippen LogP contribution in [0.15, 0.2) is 72.8 Å². The highest BCUT2D eigenvalue weighted by molar-refractivity contribution is 5.81. The summed E-state index contributed by atoms with van der Waals surface area (Å²) in [5.74, 6) is 2.35. The van der Waals surface area contributed by atoms with Crippen molar-refractivity contribution in [3.63, 3.8) is 0 Å². The molecule has 5 heteroatoms. The van der Waals surface area contributed by atoms with Crippen molar-refractivity contribution in [1.29, 1.82) is 0 Å². The molecule has 176 valence electrons. The van der Waals surface area contributed by atoms with Gasteiger partial charge in [0.25, 0.3) is 0 Å². The summed E-state index contributed by atoms with van der Waals surface area (Å²) >= 11 is 0. The molecule has 1 N–H and O–H groups in total. The first-order valence-corrected chi connectivity index (χ1v) is 11.9. The number of nitrogens with one attached hydrogen (secondary N) is 1. The minimum atomic E-state index is -0.0419. The monoisotopic (exact) mass is 455 g/mol. The van der Waals surface area contributed by atoms with Crippen LogP contribution in [0.2, 0.25) is 0 Å². The number of carbonyl (C=O) groups excluding carboxylic acids is 1. The van der Waals surface area contributed by atoms with Crippen molar-refractivity contribution in [1.82, 2.24) is 14.9 Å². The van der Waals surface area contributed by atoms with E-state index in [1.165, 1.54) is 11.1 Å². The highest BCUT2D eigenvalue weighted by Gasteiger charge is 2.20. The van der Waals surface area contributed by atoms with Gasteiger partial charge in [0.15, 0.2) is 0 Å². The minimum Gasteiger partial charge on any atom is -0.497 e. The molecule has 0 spiro atoms. The summed E-state index contributed by atoms with van der Waals surface area (Å²) < 4.78 is 7.25. The maximum atomic E-state index is 12.9. The predicted molar refractivity (Wildman–Crippen MR) is 137 cm³/mol. The fourth-order valence-corrected chi connectivity index (χ4v) is 4.30. The molecule has 1 unspecified atom stereocenters. The normalized spacial score (nSPS) is 12.1. The van der Waals surface area contributed by atoms with Crippen LogP contribution in [0.25, 0.3) is 11.0 Å². The minimum absolute atomic E-state index is 0.0419. The van der Waals surface area contributed by atoms with Gasteiger partial charge in [-0.05, 0) is 53.3 Å². The molecule has 1 aromatic heterocycles. The van der Waals surface area contributed by atoms with Crippen LogP contribution in [0.1, 0.15) is 49.2 Å². The molecule has 4 rings (SSSR count). The molecule has 0 radical (unpaired) electrons. The zero-order chi connectivity index (χ0) is 24.1. The van der Waals surface area contributed by atoms with E-state index < -0.39 is 0 Å². The number of hydrogen-bond acceptors (Lipinski definition) is 3. The molecule has 5 nitrogen and oxygen atoms in total. The number of para-hydroxylation sites is 2. The van der Waals surface area contributed by atoms with Crippen LogP contribution in [0.4, 0.5) is 0 Å². The summed E-state index contributed by atoms with van der Waals surface area (Å²) in [5, 5.41) is 3.04. The van der Waals surface area contributed by atoms with Crippen molar-refractivity contribution in [2.75, 3.05) is 7.11 Å². The molecule has 3 aromatic carbocycles. The Bertz CT molecular complexity index is 1240. The van der Waals surface area contributed by atoms with Crippen LogP contribution in [0.3, 0.4) is 0 Å². The molecule has 0 aliphatic heterocycles. The number of imidazole rings is 1. The van der Waals surface area contributed by atoms with Crippen molar-refractivity contribution in [2.45, 2.75) is 46.2 Å². The molecule has 0 fully saturated rings. The molecule has 34 heavy (non-hydrogen) atoms. The van der Waals surface area contributed by atoms with E-state index in [-0.39, 0.29) is 18.4 Å². The first-order valence-electron chi connectivity index (χ1n) is 11.9. The SMILES string of the molecule is COc1ccc(CNC(=O)Cn2c(C(C)c3ccc(CC(C)C)cc3)nc3ccccc32)cc1. The van der Waals surface area contributed by atoms with Crippen LogP contribution < -0.4 is 10.1 Å². The van der Waals surface area contributed by atoms with Gasteiger partial charge in [-0.3, -0.25) is 4.79 Å². The average Bonchev–Trinajstić information content (AvgIpc) is 3.21. The number of carbonyl (C=O) groups is 1. The third-order valence-corrected chi connectivity index (χ3v) is 6.15. The van der Waals surface area contributed by atoms with Crippen LogP contribution in [0, 0.1) is 5.92 Å². The summed E-state index contributed by atoms with van der Waals surface area (Å²) in [5.41, 5.74) is 5.45. The number of hydrogen-bond donors (Lipinski definition) is 1. The number of nitrogens with zero attached hydrogens (tertiary/aromatic N) is 2. The largest absolute Gasteiger partial charge is 0.497 e. The van der Waals surface area contributed by atoms with Crippen LogP contribution in [0.5, 0.6) is 5.75 Å². The Labute approximate surface area is 201 Å². The Morgan fingerprint density at radius 2 is 1.62 bits per heavy atom. The summed E-state index contributed by atoms with van der Waals surface area (Å²) in [6, 6.07) is 24.5. The van der Waals surface area contributed by atoms with Gasteiger partial charge in [0, 0.05) is 12.5 Å². The highest BCUT2D eigenvalue weighted by atomic mass is 16.5. The quantitative estimate of drug-likeness (QED) is 0.352. The van der Waals surface area contributed by atoms with E-state index in [0.717, 1.165) is 34.6 Å². The summed E-state index contributed by atoms with van der Waals surface area (Å²) in [4.78, 5) is 17.8. The van der Waals surface area contributed by atoms with Gasteiger partial charge in [-0.1, -0.05) is 69.3 Å². The lowest BCUT2D eigenvalue weighted by molar-refractivity contribution is -0.121. The van der Waals surface area contributed by atoms with Crippen molar-refractivity contribution in [3.8, 4) is 5.75 Å². The second-order valence-corrected chi connectivity index (χ2v) is 9.23. The second-order valence-electron chi connectivity index (χ2n) is 9.23. The van der Waals surface area contributed by atoms with Crippen LogP contribution in [-0.4, -0.2) is 22.6 Å². The molecule has 1 amide bonds. The lowest BCUT2D eigenvalue weighted by atomic mass is 9.96. The van der Waals surface area contributed by atoms with Crippen molar-refractivity contribution in [3.05, 3.63) is 95.3 Å². The molecule has 0 saturated carbocycles. The number of aromatic nitrogens is 2. The van der Waals surface area contributed by atoms with Gasteiger partial charge in [0.2, 0.25) is 5.91 Å². The number of amides is 1. The maximum absolute atomic E-state index is 12.9. The van der Waals surface area contributed by atoms with E-state index in [2.05, 4.69) is 50.4 Å². The van der Waals surface area contributed by atoms with Gasteiger partial charge in [0.1, 0.15) is 18.1 Å². The smallest absolute Gasteiger partial charge is 0.240 e. The molecule has 0 bridgehead atoms. The van der Waals surface area contributed by atoms with E-state index in [0.29, 0.717) is 12.5 Å². The second kappa shape index (κ2) is 10.6. The Kier molecular flexibility index (Phi) is 7.31. The number of benzene rings is 3. The van der Waals surface area contributed by atoms with Crippen LogP contribution in [-0.2, 0) is 24.3 Å². The summed E-state index contributed by atoms with van der Waals surface area (Å²) in [6.07, 6.45) is 1.07. The van der Waals surface area contributed by atoms with Crippen molar-refractivity contribution in [2.24, 2.45) is 5.92 Å². The predicted octanol–water partition coefficient (Wildman–Crippen LogP) is 5.71. The fraction of sp³-hybridized carbons (Fsp3) is 0.310. The topological polar surface area (TPSA) is 56.1 Å². The average molecular weight is 456 g/mol. The van der Waals surface area contributed by atoms with E-state index in [4.69, 9.17) is 9.72 Å². The molecule has 0 aliphatic rings.